The second-order valence-corrected chi connectivity index (χ2v) is 4.03. The van der Waals surface area contributed by atoms with Crippen LogP contribution in [-0.4, -0.2) is 18.1 Å². The summed E-state index contributed by atoms with van der Waals surface area (Å²) in [5.41, 5.74) is 5.96. The number of hydrogen-bond donors (Lipinski definition) is 1. The molecule has 0 unspecified atom stereocenters. The van der Waals surface area contributed by atoms with Gasteiger partial charge in [-0.05, 0) is 31.9 Å². The van der Waals surface area contributed by atoms with E-state index in [9.17, 15) is 0 Å². The second kappa shape index (κ2) is 4.47. The third-order valence-corrected chi connectivity index (χ3v) is 2.69. The molecule has 0 radical (unpaired) electrons. The van der Waals surface area contributed by atoms with Crippen molar-refractivity contribution in [1.29, 1.82) is 0 Å². The number of anilines is 1. The van der Waals surface area contributed by atoms with Crippen LogP contribution in [0.25, 0.3) is 0 Å². The molecule has 14 heavy (non-hydrogen) atoms. The van der Waals surface area contributed by atoms with Gasteiger partial charge in [0.05, 0.1) is 0 Å². The van der Waals surface area contributed by atoms with Gasteiger partial charge in [-0.1, -0.05) is 24.1 Å². The molecule has 0 aromatic heterocycles. The van der Waals surface area contributed by atoms with Gasteiger partial charge in [0.25, 0.3) is 0 Å². The van der Waals surface area contributed by atoms with Crippen LogP contribution in [-0.2, 0) is 0 Å². The molecule has 1 aliphatic rings. The Morgan fingerprint density at radius 1 is 1.00 bits per heavy atom. The number of aryl methyl sites for hydroxylation is 1. The maximum absolute atomic E-state index is 3.44. The van der Waals surface area contributed by atoms with Crippen molar-refractivity contribution in [2.75, 3.05) is 18.5 Å². The summed E-state index contributed by atoms with van der Waals surface area (Å²) >= 11 is 0. The molecule has 0 aliphatic carbocycles. The average molecular weight is 190 g/mol. The number of nitrogens with zero attached hydrogens (tertiary/aromatic N) is 1. The van der Waals surface area contributed by atoms with E-state index >= 15 is 0 Å². The highest BCUT2D eigenvalue weighted by Gasteiger charge is 2.08. The smallest absolute Gasteiger partial charge is 0.0490 e. The Labute approximate surface area is 85.9 Å². The third-order valence-electron chi connectivity index (χ3n) is 2.69. The van der Waals surface area contributed by atoms with Crippen molar-refractivity contribution in [3.8, 4) is 0 Å². The zero-order valence-electron chi connectivity index (χ0n) is 8.79. The highest BCUT2D eigenvalue weighted by Crippen LogP contribution is 2.13. The molecule has 0 bridgehead atoms. The predicted octanol–water partition coefficient (Wildman–Crippen LogP) is 2.81. The van der Waals surface area contributed by atoms with E-state index in [4.69, 9.17) is 0 Å². The Morgan fingerprint density at radius 3 is 2.29 bits per heavy atom. The lowest BCUT2D eigenvalue weighted by Crippen LogP contribution is -2.34. The van der Waals surface area contributed by atoms with Gasteiger partial charge in [-0.15, -0.1) is 0 Å². The van der Waals surface area contributed by atoms with Gasteiger partial charge < -0.3 is 5.43 Å². The maximum Gasteiger partial charge on any atom is 0.0490 e. The highest BCUT2D eigenvalue weighted by atomic mass is 15.5. The summed E-state index contributed by atoms with van der Waals surface area (Å²) in [7, 11) is 0. The molecular weight excluding hydrogens is 172 g/mol. The first-order valence-corrected chi connectivity index (χ1v) is 5.43. The Kier molecular flexibility index (Phi) is 3.04. The first kappa shape index (κ1) is 9.53. The lowest BCUT2D eigenvalue weighted by atomic mass is 10.2. The van der Waals surface area contributed by atoms with Gasteiger partial charge >= 0.3 is 0 Å². The van der Waals surface area contributed by atoms with E-state index in [-0.39, 0.29) is 0 Å². The van der Waals surface area contributed by atoms with Gasteiger partial charge in [-0.2, -0.15) is 0 Å². The minimum absolute atomic E-state index is 1.17. The summed E-state index contributed by atoms with van der Waals surface area (Å²) in [4.78, 5) is 0. The normalized spacial score (nSPS) is 18.1. The Balaban J connectivity index is 1.92. The average Bonchev–Trinajstić information content (AvgIpc) is 2.23. The number of hydrogen-bond acceptors (Lipinski definition) is 2. The van der Waals surface area contributed by atoms with Crippen LogP contribution < -0.4 is 5.43 Å². The third kappa shape index (κ3) is 2.48. The fourth-order valence-corrected chi connectivity index (χ4v) is 1.82. The van der Waals surface area contributed by atoms with Gasteiger partial charge in [0, 0.05) is 18.8 Å². The van der Waals surface area contributed by atoms with Crippen LogP contribution in [0.5, 0.6) is 0 Å². The molecular formula is C12H18N2. The SMILES string of the molecule is Cc1ccc(NN2CCCCC2)cc1. The van der Waals surface area contributed by atoms with E-state index in [1.54, 1.807) is 0 Å². The molecule has 0 atom stereocenters. The van der Waals surface area contributed by atoms with Crippen molar-refractivity contribution in [3.63, 3.8) is 0 Å². The first-order valence-electron chi connectivity index (χ1n) is 5.43. The lowest BCUT2D eigenvalue weighted by molar-refractivity contribution is 0.273. The van der Waals surface area contributed by atoms with Crippen LogP contribution in [0.15, 0.2) is 24.3 Å². The van der Waals surface area contributed by atoms with Crippen molar-refractivity contribution >= 4 is 5.69 Å². The molecule has 1 fully saturated rings. The molecule has 1 aromatic carbocycles. The summed E-state index contributed by atoms with van der Waals surface area (Å²) in [6.45, 7) is 4.46. The predicted molar refractivity (Wildman–Crippen MR) is 60.2 cm³/mol. The van der Waals surface area contributed by atoms with Crippen molar-refractivity contribution < 1.29 is 0 Å². The fourth-order valence-electron chi connectivity index (χ4n) is 1.82. The van der Waals surface area contributed by atoms with Gasteiger partial charge in [-0.3, -0.25) is 0 Å². The van der Waals surface area contributed by atoms with Crippen LogP contribution in [0.1, 0.15) is 24.8 Å². The van der Waals surface area contributed by atoms with E-state index in [1.165, 1.54) is 43.6 Å². The van der Waals surface area contributed by atoms with Crippen LogP contribution in [0.3, 0.4) is 0 Å². The molecule has 76 valence electrons. The number of nitrogens with one attached hydrogen (secondary N) is 1. The number of rotatable bonds is 2. The molecule has 2 rings (SSSR count). The molecule has 0 saturated carbocycles. The molecule has 0 amide bonds. The summed E-state index contributed by atoms with van der Waals surface area (Å²) in [6.07, 6.45) is 4.02. The summed E-state index contributed by atoms with van der Waals surface area (Å²) in [6, 6.07) is 8.58. The van der Waals surface area contributed by atoms with Gasteiger partial charge in [0.2, 0.25) is 0 Å². The Hall–Kier alpha value is -1.02. The minimum atomic E-state index is 1.17. The molecule has 1 saturated heterocycles. The van der Waals surface area contributed by atoms with Crippen LogP contribution in [0.2, 0.25) is 0 Å². The van der Waals surface area contributed by atoms with Crippen LogP contribution in [0.4, 0.5) is 5.69 Å². The summed E-state index contributed by atoms with van der Waals surface area (Å²) in [5.74, 6) is 0. The number of hydrazine groups is 1. The highest BCUT2D eigenvalue weighted by molar-refractivity contribution is 5.43. The van der Waals surface area contributed by atoms with Gasteiger partial charge in [0.1, 0.15) is 0 Å². The Bertz CT molecular complexity index is 273. The second-order valence-electron chi connectivity index (χ2n) is 4.03. The van der Waals surface area contributed by atoms with Crippen molar-refractivity contribution in [1.82, 2.24) is 5.01 Å². The molecule has 1 aromatic rings. The molecule has 1 aliphatic heterocycles. The molecule has 2 heteroatoms. The number of piperidine rings is 1. The van der Waals surface area contributed by atoms with E-state index in [0.29, 0.717) is 0 Å². The standard InChI is InChI=1S/C12H18N2/c1-11-5-7-12(8-6-11)13-14-9-3-2-4-10-14/h5-8,13H,2-4,9-10H2,1H3. The monoisotopic (exact) mass is 190 g/mol. The maximum atomic E-state index is 3.44. The molecule has 1 heterocycles. The quantitative estimate of drug-likeness (QED) is 0.771. The summed E-state index contributed by atoms with van der Waals surface area (Å²) < 4.78 is 0. The van der Waals surface area contributed by atoms with E-state index < -0.39 is 0 Å². The largest absolute Gasteiger partial charge is 0.319 e. The molecule has 1 N–H and O–H groups in total. The topological polar surface area (TPSA) is 15.3 Å². The van der Waals surface area contributed by atoms with Crippen molar-refractivity contribution in [3.05, 3.63) is 29.8 Å². The Morgan fingerprint density at radius 2 is 1.64 bits per heavy atom. The zero-order chi connectivity index (χ0) is 9.80. The van der Waals surface area contributed by atoms with Gasteiger partial charge in [-0.25, -0.2) is 5.01 Å². The van der Waals surface area contributed by atoms with E-state index in [0.717, 1.165) is 0 Å². The first-order chi connectivity index (χ1) is 6.84. The van der Waals surface area contributed by atoms with Crippen LogP contribution in [0, 0.1) is 6.92 Å². The molecule has 2 nitrogen and oxygen atoms in total. The van der Waals surface area contributed by atoms with Crippen LogP contribution >= 0.6 is 0 Å². The summed E-state index contributed by atoms with van der Waals surface area (Å²) in [5, 5.41) is 2.31. The van der Waals surface area contributed by atoms with Crippen molar-refractivity contribution in [2.45, 2.75) is 26.2 Å². The van der Waals surface area contributed by atoms with Gasteiger partial charge in [0.15, 0.2) is 0 Å². The van der Waals surface area contributed by atoms with E-state index in [1.807, 2.05) is 0 Å². The lowest BCUT2D eigenvalue weighted by Gasteiger charge is -2.27. The van der Waals surface area contributed by atoms with Crippen molar-refractivity contribution in [2.24, 2.45) is 0 Å². The van der Waals surface area contributed by atoms with E-state index in [2.05, 4.69) is 41.6 Å². The molecule has 0 spiro atoms. The zero-order valence-corrected chi connectivity index (χ0v) is 8.79. The number of benzene rings is 1. The minimum Gasteiger partial charge on any atom is -0.319 e. The fraction of sp³-hybridized carbons (Fsp3) is 0.500.